The standard InChI is InChI=1S/C21H24N6O2.C19H20F2N6O2/c1-13(24-20(28)18-9-11-23-27(18)16-6-3-7-16)21-25-19(26-29-21)15-8-10-22-17(12-15)14-4-2-5-14;1-10(23-18(28)15-9-14(16(20)21)25-27(15)2)19-24-17(26-29-19)12-6-7-22-13(8-12)11-4-3-5-11/h8-14,16H,2-7H2,1H3,(H,24,28);6-11,16H,3-5H2,1-2H3,(H,23,28)/t13-;10-/m00/s1. The Morgan fingerprint density at radius 2 is 1.24 bits per heavy atom. The number of aryl methyl sites for hydroxylation is 1. The molecule has 0 unspecified atom stereocenters. The van der Waals surface area contributed by atoms with Gasteiger partial charge in [0.1, 0.15) is 29.2 Å². The third-order valence-corrected chi connectivity index (χ3v) is 11.1. The van der Waals surface area contributed by atoms with Crippen molar-refractivity contribution in [2.75, 3.05) is 0 Å². The van der Waals surface area contributed by atoms with E-state index in [2.05, 4.69) is 51.1 Å². The van der Waals surface area contributed by atoms with Gasteiger partial charge in [-0.3, -0.25) is 28.9 Å². The number of alkyl halides is 2. The lowest BCUT2D eigenvalue weighted by molar-refractivity contribution is 0.0909. The van der Waals surface area contributed by atoms with E-state index in [9.17, 15) is 18.4 Å². The average molecular weight is 795 g/mol. The van der Waals surface area contributed by atoms with Gasteiger partial charge in [-0.25, -0.2) is 8.78 Å². The first kappa shape index (κ1) is 38.7. The number of nitrogens with zero attached hydrogens (tertiary/aromatic N) is 10. The van der Waals surface area contributed by atoms with Crippen LogP contribution in [0.15, 0.2) is 64.0 Å². The van der Waals surface area contributed by atoms with E-state index in [1.54, 1.807) is 31.6 Å². The number of amides is 2. The summed E-state index contributed by atoms with van der Waals surface area (Å²) in [6.07, 6.45) is 12.9. The lowest BCUT2D eigenvalue weighted by atomic mass is 9.82. The van der Waals surface area contributed by atoms with E-state index < -0.39 is 30.1 Å². The minimum Gasteiger partial charge on any atom is -0.339 e. The molecule has 302 valence electrons. The van der Waals surface area contributed by atoms with Gasteiger partial charge in [0.05, 0.1) is 6.04 Å². The van der Waals surface area contributed by atoms with Crippen molar-refractivity contribution in [2.45, 2.75) is 108 Å². The zero-order chi connectivity index (χ0) is 40.3. The summed E-state index contributed by atoms with van der Waals surface area (Å²) in [7, 11) is 1.43. The Bertz CT molecular complexity index is 2380. The number of nitrogens with one attached hydrogen (secondary N) is 2. The highest BCUT2D eigenvalue weighted by Crippen LogP contribution is 2.37. The fourth-order valence-electron chi connectivity index (χ4n) is 6.98. The van der Waals surface area contributed by atoms with Crippen LogP contribution in [0.3, 0.4) is 0 Å². The molecule has 16 nitrogen and oxygen atoms in total. The molecule has 58 heavy (non-hydrogen) atoms. The number of aromatic nitrogens is 10. The third-order valence-electron chi connectivity index (χ3n) is 11.1. The van der Waals surface area contributed by atoms with E-state index in [1.165, 1.54) is 39.2 Å². The van der Waals surface area contributed by atoms with E-state index in [4.69, 9.17) is 9.05 Å². The van der Waals surface area contributed by atoms with Crippen LogP contribution in [0.25, 0.3) is 22.8 Å². The molecule has 0 aromatic carbocycles. The van der Waals surface area contributed by atoms with Gasteiger partial charge in [-0.05, 0) is 95.2 Å². The van der Waals surface area contributed by atoms with Crippen molar-refractivity contribution in [2.24, 2.45) is 7.05 Å². The van der Waals surface area contributed by atoms with E-state index in [1.807, 2.05) is 35.9 Å². The van der Waals surface area contributed by atoms with Gasteiger partial charge in [0.15, 0.2) is 0 Å². The summed E-state index contributed by atoms with van der Waals surface area (Å²) in [5.74, 6) is 1.80. The molecule has 9 rings (SSSR count). The highest BCUT2D eigenvalue weighted by Gasteiger charge is 2.28. The van der Waals surface area contributed by atoms with Crippen molar-refractivity contribution < 1.29 is 27.4 Å². The number of hydrogen-bond donors (Lipinski definition) is 2. The van der Waals surface area contributed by atoms with Gasteiger partial charge in [0, 0.05) is 60.0 Å². The molecule has 0 radical (unpaired) electrons. The lowest BCUT2D eigenvalue weighted by Crippen LogP contribution is -2.31. The summed E-state index contributed by atoms with van der Waals surface area (Å²) in [4.78, 5) is 42.9. The second kappa shape index (κ2) is 16.7. The molecular formula is C40H44F2N12O4. The van der Waals surface area contributed by atoms with Crippen molar-refractivity contribution >= 4 is 11.8 Å². The van der Waals surface area contributed by atoms with Crippen LogP contribution in [0.5, 0.6) is 0 Å². The predicted molar refractivity (Wildman–Crippen MR) is 203 cm³/mol. The Morgan fingerprint density at radius 3 is 1.69 bits per heavy atom. The second-order valence-electron chi connectivity index (χ2n) is 15.1. The van der Waals surface area contributed by atoms with Crippen LogP contribution >= 0.6 is 0 Å². The topological polar surface area (TPSA) is 197 Å². The van der Waals surface area contributed by atoms with E-state index in [0.717, 1.165) is 58.9 Å². The van der Waals surface area contributed by atoms with Crippen molar-refractivity contribution in [3.05, 3.63) is 95.2 Å². The van der Waals surface area contributed by atoms with Crippen molar-refractivity contribution in [3.63, 3.8) is 0 Å². The van der Waals surface area contributed by atoms with Gasteiger partial charge >= 0.3 is 0 Å². The molecule has 0 spiro atoms. The number of hydrogen-bond acceptors (Lipinski definition) is 12. The van der Waals surface area contributed by atoms with E-state index >= 15 is 0 Å². The van der Waals surface area contributed by atoms with Crippen LogP contribution in [0, 0.1) is 0 Å². The van der Waals surface area contributed by atoms with Gasteiger partial charge in [0.2, 0.25) is 23.4 Å². The summed E-state index contributed by atoms with van der Waals surface area (Å²) >= 11 is 0. The molecule has 6 heterocycles. The maximum Gasteiger partial charge on any atom is 0.282 e. The minimum absolute atomic E-state index is 0.0196. The Hall–Kier alpha value is -6.20. The zero-order valence-corrected chi connectivity index (χ0v) is 32.4. The molecule has 0 aliphatic heterocycles. The molecule has 2 amide bonds. The molecule has 3 fully saturated rings. The molecular weight excluding hydrogens is 751 g/mol. The highest BCUT2D eigenvalue weighted by molar-refractivity contribution is 5.93. The monoisotopic (exact) mass is 794 g/mol. The molecule has 2 N–H and O–H groups in total. The molecule has 3 saturated carbocycles. The number of carbonyl (C=O) groups is 2. The minimum atomic E-state index is -2.75. The quantitative estimate of drug-likeness (QED) is 0.125. The summed E-state index contributed by atoms with van der Waals surface area (Å²) < 4.78 is 39.2. The maximum absolute atomic E-state index is 12.8. The first-order chi connectivity index (χ1) is 28.1. The smallest absolute Gasteiger partial charge is 0.282 e. The number of rotatable bonds is 12. The molecule has 3 aliphatic carbocycles. The summed E-state index contributed by atoms with van der Waals surface area (Å²) in [6.45, 7) is 3.51. The average Bonchev–Trinajstić information content (AvgIpc) is 3.97. The SMILES string of the molecule is C[C@H](NC(=O)c1cc(C(F)F)nn1C)c1nc(-c2ccnc(C3CCC3)c2)no1.C[C@H](NC(=O)c1ccnn1C1CCC1)c1nc(-c2ccnc(C3CCC3)c2)no1. The van der Waals surface area contributed by atoms with Crippen LogP contribution < -0.4 is 10.6 Å². The summed E-state index contributed by atoms with van der Waals surface area (Å²) in [6, 6.07) is 9.82. The van der Waals surface area contributed by atoms with Gasteiger partial charge in [0.25, 0.3) is 18.2 Å². The molecule has 2 atom stereocenters. The van der Waals surface area contributed by atoms with Gasteiger partial charge in [-0.2, -0.15) is 20.2 Å². The number of carbonyl (C=O) groups excluding carboxylic acids is 2. The Kier molecular flexibility index (Phi) is 11.1. The van der Waals surface area contributed by atoms with Crippen LogP contribution in [-0.2, 0) is 7.05 Å². The Morgan fingerprint density at radius 1 is 0.724 bits per heavy atom. The molecule has 18 heteroatoms. The van der Waals surface area contributed by atoms with E-state index in [0.29, 0.717) is 41.1 Å². The number of pyridine rings is 2. The van der Waals surface area contributed by atoms with Crippen molar-refractivity contribution in [1.82, 2.24) is 60.4 Å². The Labute approximate surface area is 332 Å². The normalized spacial score (nSPS) is 16.7. The van der Waals surface area contributed by atoms with Crippen molar-refractivity contribution in [3.8, 4) is 22.8 Å². The second-order valence-corrected chi connectivity index (χ2v) is 15.1. The van der Waals surface area contributed by atoms with Crippen LogP contribution in [0.2, 0.25) is 0 Å². The largest absolute Gasteiger partial charge is 0.339 e. The van der Waals surface area contributed by atoms with Crippen LogP contribution in [-0.4, -0.2) is 61.6 Å². The highest BCUT2D eigenvalue weighted by atomic mass is 19.3. The fourth-order valence-corrected chi connectivity index (χ4v) is 6.98. The number of halogens is 2. The molecule has 0 saturated heterocycles. The summed E-state index contributed by atoms with van der Waals surface area (Å²) in [5, 5.41) is 21.7. The molecule has 3 aliphatic rings. The van der Waals surface area contributed by atoms with Crippen LogP contribution in [0.4, 0.5) is 8.78 Å². The lowest BCUT2D eigenvalue weighted by Gasteiger charge is -2.27. The summed E-state index contributed by atoms with van der Waals surface area (Å²) in [5.41, 5.74) is 3.93. The third kappa shape index (κ3) is 8.26. The molecule has 6 aromatic heterocycles. The van der Waals surface area contributed by atoms with Gasteiger partial charge in [-0.15, -0.1) is 0 Å². The van der Waals surface area contributed by atoms with Gasteiger partial charge in [-0.1, -0.05) is 23.2 Å². The fraction of sp³-hybridized carbons (Fsp3) is 0.450. The molecule has 6 aromatic rings. The van der Waals surface area contributed by atoms with E-state index in [-0.39, 0.29) is 17.5 Å². The van der Waals surface area contributed by atoms with Crippen molar-refractivity contribution in [1.29, 1.82) is 0 Å². The maximum atomic E-state index is 12.8. The first-order valence-corrected chi connectivity index (χ1v) is 19.7. The van der Waals surface area contributed by atoms with Crippen LogP contribution in [0.1, 0.15) is 158 Å². The molecule has 0 bridgehead atoms. The Balaban J connectivity index is 0.000000162. The van der Waals surface area contributed by atoms with Gasteiger partial charge < -0.3 is 19.7 Å². The first-order valence-electron chi connectivity index (χ1n) is 19.7. The zero-order valence-electron chi connectivity index (χ0n) is 32.4. The predicted octanol–water partition coefficient (Wildman–Crippen LogP) is 7.37.